The second kappa shape index (κ2) is 8.87. The maximum atomic E-state index is 6.21. The molecule has 0 aliphatic rings. The summed E-state index contributed by atoms with van der Waals surface area (Å²) < 4.78 is 1.93. The van der Waals surface area contributed by atoms with Crippen molar-refractivity contribution in [3.63, 3.8) is 0 Å². The summed E-state index contributed by atoms with van der Waals surface area (Å²) >= 11 is 12.4. The molecule has 3 aromatic rings. The van der Waals surface area contributed by atoms with Crippen molar-refractivity contribution in [3.8, 4) is 0 Å². The van der Waals surface area contributed by atoms with Crippen LogP contribution in [0.2, 0.25) is 10.0 Å². The fourth-order valence-electron chi connectivity index (χ4n) is 2.57. The monoisotopic (exact) mass is 390 g/mol. The van der Waals surface area contributed by atoms with E-state index in [4.69, 9.17) is 23.2 Å². The minimum atomic E-state index is 0.424. The molecule has 0 aliphatic heterocycles. The van der Waals surface area contributed by atoms with E-state index in [1.165, 1.54) is 0 Å². The summed E-state index contributed by atoms with van der Waals surface area (Å²) in [5.74, 6) is 1.50. The van der Waals surface area contributed by atoms with E-state index in [2.05, 4.69) is 25.8 Å². The Hall–Kier alpha value is -2.31. The maximum absolute atomic E-state index is 6.21. The van der Waals surface area contributed by atoms with E-state index in [-0.39, 0.29) is 0 Å². The molecule has 2 heterocycles. The summed E-state index contributed by atoms with van der Waals surface area (Å²) in [5.41, 5.74) is 1.74. The van der Waals surface area contributed by atoms with E-state index in [1.54, 1.807) is 0 Å². The molecule has 0 saturated heterocycles. The average Bonchev–Trinajstić information content (AvgIpc) is 3.05. The Labute approximate surface area is 162 Å². The highest BCUT2D eigenvalue weighted by Crippen LogP contribution is 2.24. The highest BCUT2D eigenvalue weighted by molar-refractivity contribution is 6.35. The van der Waals surface area contributed by atoms with Crippen molar-refractivity contribution < 1.29 is 0 Å². The van der Waals surface area contributed by atoms with Gasteiger partial charge in [0, 0.05) is 29.3 Å². The van der Waals surface area contributed by atoms with E-state index in [0.29, 0.717) is 35.5 Å². The van der Waals surface area contributed by atoms with Gasteiger partial charge in [0.05, 0.1) is 0 Å². The second-order valence-corrected chi connectivity index (χ2v) is 6.43. The number of aromatic nitrogens is 3. The van der Waals surface area contributed by atoms with Crippen LogP contribution in [0.25, 0.3) is 5.65 Å². The summed E-state index contributed by atoms with van der Waals surface area (Å²) in [6.07, 6.45) is 2.64. The average molecular weight is 391 g/mol. The van der Waals surface area contributed by atoms with Gasteiger partial charge in [-0.1, -0.05) is 35.3 Å². The summed E-state index contributed by atoms with van der Waals surface area (Å²) in [4.78, 5) is 4.59. The first-order valence-corrected chi connectivity index (χ1v) is 9.18. The van der Waals surface area contributed by atoms with Crippen molar-refractivity contribution in [3.05, 3.63) is 64.0 Å². The van der Waals surface area contributed by atoms with Gasteiger partial charge in [-0.3, -0.25) is 4.40 Å². The Kier molecular flexibility index (Phi) is 6.30. The molecule has 26 heavy (non-hydrogen) atoms. The molecule has 0 unspecified atom stereocenters. The highest BCUT2D eigenvalue weighted by atomic mass is 35.5. The fourth-order valence-corrected chi connectivity index (χ4v) is 3.15. The molecule has 0 saturated carbocycles. The number of benzene rings is 1. The minimum absolute atomic E-state index is 0.424. The van der Waals surface area contributed by atoms with Crippen LogP contribution in [0.4, 0.5) is 0 Å². The number of rotatable bonds is 6. The lowest BCUT2D eigenvalue weighted by Crippen LogP contribution is -2.38. The Balaban J connectivity index is 1.64. The molecular weight excluding hydrogens is 371 g/mol. The smallest absolute Gasteiger partial charge is 0.191 e. The van der Waals surface area contributed by atoms with Gasteiger partial charge in [0.15, 0.2) is 17.4 Å². The lowest BCUT2D eigenvalue weighted by molar-refractivity contribution is 0.788. The molecule has 0 bridgehead atoms. The predicted octanol–water partition coefficient (Wildman–Crippen LogP) is 3.33. The third-order valence-electron chi connectivity index (χ3n) is 3.84. The first kappa shape index (κ1) is 18.5. The molecule has 1 aromatic carbocycles. The van der Waals surface area contributed by atoms with Gasteiger partial charge in [-0.15, -0.1) is 10.2 Å². The van der Waals surface area contributed by atoms with Gasteiger partial charge in [0.25, 0.3) is 0 Å². The molecule has 0 amide bonds. The van der Waals surface area contributed by atoms with Gasteiger partial charge in [-0.25, -0.2) is 4.99 Å². The highest BCUT2D eigenvalue weighted by Gasteiger charge is 2.07. The molecule has 2 N–H and O–H groups in total. The molecule has 0 radical (unpaired) electrons. The van der Waals surface area contributed by atoms with Crippen molar-refractivity contribution in [2.24, 2.45) is 4.99 Å². The van der Waals surface area contributed by atoms with E-state index >= 15 is 0 Å². The molecule has 136 valence electrons. The largest absolute Gasteiger partial charge is 0.357 e. The third-order valence-corrected chi connectivity index (χ3v) is 4.54. The van der Waals surface area contributed by atoms with Gasteiger partial charge in [-0.2, -0.15) is 0 Å². The zero-order valence-electron chi connectivity index (χ0n) is 14.4. The van der Waals surface area contributed by atoms with Crippen LogP contribution in [0.5, 0.6) is 0 Å². The topological polar surface area (TPSA) is 66.6 Å². The molecule has 0 spiro atoms. The van der Waals surface area contributed by atoms with Crippen LogP contribution in [0, 0.1) is 0 Å². The Morgan fingerprint density at radius 1 is 1.08 bits per heavy atom. The van der Waals surface area contributed by atoms with Crippen LogP contribution >= 0.6 is 23.2 Å². The molecule has 8 heteroatoms. The number of hydrogen-bond acceptors (Lipinski definition) is 3. The van der Waals surface area contributed by atoms with Crippen LogP contribution in [0.15, 0.2) is 47.6 Å². The molecule has 0 fully saturated rings. The van der Waals surface area contributed by atoms with Crippen LogP contribution in [0.1, 0.15) is 18.3 Å². The zero-order valence-corrected chi connectivity index (χ0v) is 15.9. The molecule has 2 aromatic heterocycles. The van der Waals surface area contributed by atoms with Gasteiger partial charge in [0.2, 0.25) is 0 Å². The Morgan fingerprint density at radius 3 is 2.65 bits per heavy atom. The third kappa shape index (κ3) is 4.45. The van der Waals surface area contributed by atoms with Crippen molar-refractivity contribution in [2.75, 3.05) is 13.1 Å². The molecule has 3 rings (SSSR count). The van der Waals surface area contributed by atoms with Gasteiger partial charge in [-0.05, 0) is 43.2 Å². The van der Waals surface area contributed by atoms with Crippen LogP contribution in [-0.4, -0.2) is 33.6 Å². The zero-order chi connectivity index (χ0) is 18.4. The molecule has 0 atom stereocenters. The van der Waals surface area contributed by atoms with Gasteiger partial charge < -0.3 is 10.6 Å². The van der Waals surface area contributed by atoms with Crippen LogP contribution in [0.3, 0.4) is 0 Å². The summed E-state index contributed by atoms with van der Waals surface area (Å²) in [5, 5.41) is 16.2. The van der Waals surface area contributed by atoms with Crippen molar-refractivity contribution in [1.82, 2.24) is 25.2 Å². The normalized spacial score (nSPS) is 11.7. The SMILES string of the molecule is CCNC(=NCc1nnc2ccccn12)NCCc1c(Cl)cccc1Cl. The number of guanidine groups is 1. The van der Waals surface area contributed by atoms with Gasteiger partial charge in [0.1, 0.15) is 6.54 Å². The fraction of sp³-hybridized carbons (Fsp3) is 0.278. The standard InChI is InChI=1S/C18H20Cl2N6/c1-2-21-18(22-10-9-13-14(19)6-5-7-15(13)20)23-12-17-25-24-16-8-3-4-11-26(16)17/h3-8,11H,2,9-10,12H2,1H3,(H2,21,22,23). The number of halogens is 2. The maximum Gasteiger partial charge on any atom is 0.191 e. The van der Waals surface area contributed by atoms with Gasteiger partial charge >= 0.3 is 0 Å². The van der Waals surface area contributed by atoms with E-state index in [0.717, 1.165) is 23.6 Å². The number of aliphatic imine (C=N–C) groups is 1. The van der Waals surface area contributed by atoms with Crippen LogP contribution < -0.4 is 10.6 Å². The minimum Gasteiger partial charge on any atom is -0.357 e. The number of hydrogen-bond donors (Lipinski definition) is 2. The summed E-state index contributed by atoms with van der Waals surface area (Å²) in [6.45, 7) is 3.87. The molecule has 0 aliphatic carbocycles. The van der Waals surface area contributed by atoms with E-state index in [1.807, 2.05) is 53.9 Å². The predicted molar refractivity (Wildman–Crippen MR) is 106 cm³/mol. The number of nitrogens with one attached hydrogen (secondary N) is 2. The summed E-state index contributed by atoms with van der Waals surface area (Å²) in [6, 6.07) is 11.3. The second-order valence-electron chi connectivity index (χ2n) is 5.62. The van der Waals surface area contributed by atoms with E-state index in [9.17, 15) is 0 Å². The van der Waals surface area contributed by atoms with Crippen molar-refractivity contribution in [1.29, 1.82) is 0 Å². The molecular formula is C18H20Cl2N6. The number of fused-ring (bicyclic) bond motifs is 1. The molecule has 6 nitrogen and oxygen atoms in total. The Morgan fingerprint density at radius 2 is 1.88 bits per heavy atom. The first-order valence-electron chi connectivity index (χ1n) is 8.42. The number of nitrogens with zero attached hydrogens (tertiary/aromatic N) is 4. The summed E-state index contributed by atoms with van der Waals surface area (Å²) in [7, 11) is 0. The lowest BCUT2D eigenvalue weighted by Gasteiger charge is -2.12. The van der Waals surface area contributed by atoms with Crippen LogP contribution in [-0.2, 0) is 13.0 Å². The first-order chi connectivity index (χ1) is 12.7. The van der Waals surface area contributed by atoms with Crippen molar-refractivity contribution in [2.45, 2.75) is 19.9 Å². The lowest BCUT2D eigenvalue weighted by atomic mass is 10.1. The quantitative estimate of drug-likeness (QED) is 0.500. The number of pyridine rings is 1. The Bertz CT molecular complexity index is 885. The van der Waals surface area contributed by atoms with E-state index < -0.39 is 0 Å². The van der Waals surface area contributed by atoms with Crippen molar-refractivity contribution >= 4 is 34.8 Å².